The number of para-hydroxylation sites is 1. The molecule has 0 amide bonds. The van der Waals surface area contributed by atoms with Crippen molar-refractivity contribution in [2.75, 3.05) is 6.54 Å². The Kier molecular flexibility index (Phi) is 7.89. The number of halogens is 2. The van der Waals surface area contributed by atoms with Gasteiger partial charge in [-0.2, -0.15) is 0 Å². The van der Waals surface area contributed by atoms with Crippen molar-refractivity contribution in [1.82, 2.24) is 0 Å². The number of hydrogen-bond acceptors (Lipinski definition) is 1. The topological polar surface area (TPSA) is 14.1 Å². The third-order valence-corrected chi connectivity index (χ3v) is 6.17. The molecule has 3 aliphatic rings. The Bertz CT molecular complexity index is 552. The number of rotatable bonds is 1. The zero-order valence-electron chi connectivity index (χ0n) is 13.6. The molecule has 1 nitrogen and oxygen atoms in total. The van der Waals surface area contributed by atoms with E-state index in [9.17, 15) is 0 Å². The van der Waals surface area contributed by atoms with Gasteiger partial charge in [0.25, 0.3) is 0 Å². The maximum atomic E-state index is 4.89. The van der Waals surface area contributed by atoms with E-state index in [0.717, 1.165) is 23.6 Å². The van der Waals surface area contributed by atoms with Crippen LogP contribution in [0.4, 0.5) is 5.69 Å². The molecule has 5 heteroatoms. The van der Waals surface area contributed by atoms with E-state index in [1.807, 2.05) is 11.8 Å². The molecule has 0 bridgehead atoms. The van der Waals surface area contributed by atoms with Gasteiger partial charge in [-0.05, 0) is 36.0 Å². The zero-order chi connectivity index (χ0) is 15.5. The summed E-state index contributed by atoms with van der Waals surface area (Å²) in [6.07, 6.45) is 6.24. The molecule has 0 N–H and O–H groups in total. The first kappa shape index (κ1) is 19.7. The number of hydrogen-bond donors (Lipinski definition) is 0. The summed E-state index contributed by atoms with van der Waals surface area (Å²) in [6.45, 7) is 3.45. The zero-order valence-corrected chi connectivity index (χ0v) is 17.5. The van der Waals surface area contributed by atoms with E-state index < -0.39 is 17.0 Å². The molecule has 1 aliphatic carbocycles. The molecular formula is C18H23Cl2NSTi-2. The number of nitrogens with zero attached hydrogens (tertiary/aromatic N) is 1. The van der Waals surface area contributed by atoms with Gasteiger partial charge in [-0.1, -0.05) is 48.7 Å². The van der Waals surface area contributed by atoms with E-state index in [1.54, 1.807) is 0 Å². The van der Waals surface area contributed by atoms with Crippen molar-refractivity contribution >= 4 is 36.1 Å². The van der Waals surface area contributed by atoms with E-state index in [2.05, 4.69) is 36.6 Å². The van der Waals surface area contributed by atoms with Gasteiger partial charge in [0.2, 0.25) is 0 Å². The van der Waals surface area contributed by atoms with Crippen LogP contribution in [0.3, 0.4) is 0 Å². The van der Waals surface area contributed by atoms with E-state index in [-0.39, 0.29) is 7.43 Å². The van der Waals surface area contributed by atoms with Crippen LogP contribution in [-0.4, -0.2) is 11.8 Å². The van der Waals surface area contributed by atoms with Crippen LogP contribution in [0.25, 0.3) is 5.32 Å². The summed E-state index contributed by atoms with van der Waals surface area (Å²) in [4.78, 5) is 0. The first-order chi connectivity index (χ1) is 10.8. The van der Waals surface area contributed by atoms with Gasteiger partial charge in [0.15, 0.2) is 0 Å². The number of fused-ring (bicyclic) bond motifs is 2. The van der Waals surface area contributed by atoms with Gasteiger partial charge in [0.05, 0.1) is 0 Å². The van der Waals surface area contributed by atoms with E-state index >= 15 is 0 Å². The molecule has 0 radical (unpaired) electrons. The van der Waals surface area contributed by atoms with Gasteiger partial charge in [-0.3, -0.25) is 0 Å². The maximum absolute atomic E-state index is 4.89. The van der Waals surface area contributed by atoms with Crippen LogP contribution >= 0.6 is 30.4 Å². The Hall–Kier alpha value is 0.404. The van der Waals surface area contributed by atoms with E-state index in [1.165, 1.54) is 36.1 Å². The molecule has 0 aromatic heterocycles. The normalized spacial score (nSPS) is 30.2. The fraction of sp³-hybridized carbons (Fsp3) is 0.500. The molecule has 1 fully saturated rings. The van der Waals surface area contributed by atoms with Crippen LogP contribution in [0.2, 0.25) is 0 Å². The first-order valence-electron chi connectivity index (χ1n) is 7.84. The van der Waals surface area contributed by atoms with Crippen LogP contribution in [0.5, 0.6) is 0 Å². The van der Waals surface area contributed by atoms with E-state index in [4.69, 9.17) is 23.9 Å². The quantitative estimate of drug-likeness (QED) is 0.370. The summed E-state index contributed by atoms with van der Waals surface area (Å²) in [5.74, 6) is 2.22. The van der Waals surface area contributed by atoms with Crippen molar-refractivity contribution in [3.05, 3.63) is 53.6 Å². The Morgan fingerprint density at radius 3 is 2.87 bits per heavy atom. The van der Waals surface area contributed by atoms with Crippen LogP contribution < -0.4 is 0 Å². The number of allylic oxidation sites excluding steroid dienone is 1. The average Bonchev–Trinajstić information content (AvgIpc) is 3.08. The van der Waals surface area contributed by atoms with Gasteiger partial charge in [0.1, 0.15) is 0 Å². The minimum atomic E-state index is -0.556. The minimum absolute atomic E-state index is 0. The first-order valence-corrected chi connectivity index (χ1v) is 13.1. The van der Waals surface area contributed by atoms with Gasteiger partial charge in [-0.15, -0.1) is 24.0 Å². The summed E-state index contributed by atoms with van der Waals surface area (Å²) < 4.78 is 0. The number of benzene rings is 1. The third-order valence-electron chi connectivity index (χ3n) is 5.00. The summed E-state index contributed by atoms with van der Waals surface area (Å²) in [5, 5.41) is 7.99. The van der Waals surface area contributed by atoms with Gasteiger partial charge in [-0.25, -0.2) is 0 Å². The second-order valence-corrected chi connectivity index (χ2v) is 9.96. The van der Waals surface area contributed by atoms with Crippen LogP contribution in [0.1, 0.15) is 36.8 Å². The van der Waals surface area contributed by atoms with Gasteiger partial charge >= 0.3 is 35.6 Å². The summed E-state index contributed by atoms with van der Waals surface area (Å²) in [7, 11) is 9.78. The SMILES string of the molecule is CC1CC2SC=CC2C1c1cccc2c1[N-]CCC2.[CH3-].[Cl][Ti][Cl]. The molecule has 4 unspecified atom stereocenters. The van der Waals surface area contributed by atoms with Crippen molar-refractivity contribution < 1.29 is 17.0 Å². The predicted molar refractivity (Wildman–Crippen MR) is 101 cm³/mol. The van der Waals surface area contributed by atoms with Crippen LogP contribution in [0, 0.1) is 19.3 Å². The number of aryl methyl sites for hydroxylation is 1. The second kappa shape index (κ2) is 9.20. The van der Waals surface area contributed by atoms with Crippen LogP contribution in [-0.2, 0) is 23.5 Å². The van der Waals surface area contributed by atoms with Crippen molar-refractivity contribution in [2.45, 2.75) is 37.4 Å². The molecule has 1 saturated carbocycles. The molecule has 0 spiro atoms. The number of thioether (sulfide) groups is 1. The van der Waals surface area contributed by atoms with E-state index in [0.29, 0.717) is 5.92 Å². The van der Waals surface area contributed by atoms with Crippen molar-refractivity contribution in [1.29, 1.82) is 0 Å². The van der Waals surface area contributed by atoms with Crippen LogP contribution in [0.15, 0.2) is 29.7 Å². The van der Waals surface area contributed by atoms with Crippen molar-refractivity contribution in [2.24, 2.45) is 11.8 Å². The summed E-state index contributed by atoms with van der Waals surface area (Å²) in [5.41, 5.74) is 4.36. The molecule has 1 aromatic carbocycles. The molecular weight excluding hydrogens is 381 g/mol. The molecule has 1 aromatic rings. The Labute approximate surface area is 161 Å². The Balaban J connectivity index is 0.000000448. The summed E-state index contributed by atoms with van der Waals surface area (Å²) >= 11 is 1.49. The standard InChI is InChI=1S/C17H20NS.CH3.2ClH.Ti/c1-11-10-15-13(7-9-19-15)16(11)14-6-2-4-12-5-3-8-18-17(12)14;;;;/h2,4,6-7,9,11,13,15-16H,3,5,8,10H2,1H3;1H3;2*1H;/q2*-1;;;+2/p-2. The third kappa shape index (κ3) is 4.15. The Morgan fingerprint density at radius 2 is 2.09 bits per heavy atom. The average molecular weight is 404 g/mol. The second-order valence-electron chi connectivity index (χ2n) is 6.23. The Morgan fingerprint density at radius 1 is 1.30 bits per heavy atom. The molecule has 4 atom stereocenters. The van der Waals surface area contributed by atoms with Crippen molar-refractivity contribution in [3.63, 3.8) is 0 Å². The van der Waals surface area contributed by atoms with Crippen molar-refractivity contribution in [3.8, 4) is 0 Å². The van der Waals surface area contributed by atoms with Gasteiger partial charge < -0.3 is 12.7 Å². The fourth-order valence-corrected chi connectivity index (χ4v) is 5.49. The molecule has 2 heterocycles. The molecule has 0 saturated heterocycles. The summed E-state index contributed by atoms with van der Waals surface area (Å²) in [6, 6.07) is 6.87. The molecule has 126 valence electrons. The molecule has 2 aliphatic heterocycles. The fourth-order valence-electron chi connectivity index (χ4n) is 4.16. The monoisotopic (exact) mass is 403 g/mol. The molecule has 4 rings (SSSR count). The van der Waals surface area contributed by atoms with Gasteiger partial charge in [0, 0.05) is 5.25 Å². The molecule has 23 heavy (non-hydrogen) atoms. The predicted octanol–water partition coefficient (Wildman–Crippen LogP) is 6.83.